The van der Waals surface area contributed by atoms with E-state index < -0.39 is 5.82 Å². The summed E-state index contributed by atoms with van der Waals surface area (Å²) in [6.45, 7) is 8.81. The van der Waals surface area contributed by atoms with E-state index in [0.29, 0.717) is 0 Å². The molecule has 1 aliphatic heterocycles. The molecular weight excluding hydrogens is 335 g/mol. The number of benzene rings is 1. The average molecular weight is 359 g/mol. The fourth-order valence-corrected chi connectivity index (χ4v) is 4.38. The molecule has 1 unspecified atom stereocenters. The Balaban J connectivity index is 2.08. The van der Waals surface area contributed by atoms with E-state index in [1.54, 1.807) is 12.1 Å². The maximum absolute atomic E-state index is 13.6. The molecule has 2 nitrogen and oxygen atoms in total. The van der Waals surface area contributed by atoms with E-state index in [1.165, 1.54) is 6.07 Å². The van der Waals surface area contributed by atoms with Crippen molar-refractivity contribution in [2.24, 2.45) is 5.41 Å². The van der Waals surface area contributed by atoms with Crippen LogP contribution in [0.3, 0.4) is 0 Å². The topological polar surface area (TPSA) is 16.1 Å². The van der Waals surface area contributed by atoms with Crippen molar-refractivity contribution in [2.75, 3.05) is 4.90 Å². The average Bonchev–Trinajstić information content (AvgIpc) is 2.62. The van der Waals surface area contributed by atoms with E-state index >= 15 is 0 Å². The van der Waals surface area contributed by atoms with Gasteiger partial charge in [0.2, 0.25) is 0 Å². The second-order valence-corrected chi connectivity index (χ2v) is 7.14. The van der Waals surface area contributed by atoms with Gasteiger partial charge in [0.25, 0.3) is 0 Å². The number of hydrogen-bond acceptors (Lipinski definition) is 2. The first-order valence-corrected chi connectivity index (χ1v) is 9.27. The van der Waals surface area contributed by atoms with Gasteiger partial charge in [0.15, 0.2) is 0 Å². The molecule has 0 radical (unpaired) electrons. The number of aromatic nitrogens is 1. The Hall–Kier alpha value is -1.87. The minimum Gasteiger partial charge on any atom is -0.335 e. The first-order chi connectivity index (χ1) is 12.0. The normalized spacial score (nSPS) is 19.0. The SMILES string of the molecule is C=C1N(c2ccc(F)c(Cl)c2)C(c2ccccn2)C1(CCC)CCC. The lowest BCUT2D eigenvalue weighted by Crippen LogP contribution is -2.56. The zero-order valence-corrected chi connectivity index (χ0v) is 15.6. The summed E-state index contributed by atoms with van der Waals surface area (Å²) in [6.07, 6.45) is 6.12. The largest absolute Gasteiger partial charge is 0.335 e. The van der Waals surface area contributed by atoms with Gasteiger partial charge >= 0.3 is 0 Å². The van der Waals surface area contributed by atoms with Crippen LogP contribution < -0.4 is 4.90 Å². The lowest BCUT2D eigenvalue weighted by Gasteiger charge is -2.60. The molecule has 0 aliphatic carbocycles. The monoisotopic (exact) mass is 358 g/mol. The van der Waals surface area contributed by atoms with Gasteiger partial charge in [-0.2, -0.15) is 0 Å². The molecule has 3 rings (SSSR count). The van der Waals surface area contributed by atoms with Crippen molar-refractivity contribution in [1.29, 1.82) is 0 Å². The van der Waals surface area contributed by atoms with E-state index in [4.69, 9.17) is 11.6 Å². The van der Waals surface area contributed by atoms with E-state index in [2.05, 4.69) is 36.4 Å². The van der Waals surface area contributed by atoms with Gasteiger partial charge in [0.1, 0.15) is 5.82 Å². The molecular formula is C21H24ClFN2. The third-order valence-corrected chi connectivity index (χ3v) is 5.48. The molecule has 0 N–H and O–H groups in total. The third-order valence-electron chi connectivity index (χ3n) is 5.19. The summed E-state index contributed by atoms with van der Waals surface area (Å²) in [4.78, 5) is 6.79. The first-order valence-electron chi connectivity index (χ1n) is 8.89. The van der Waals surface area contributed by atoms with E-state index in [1.807, 2.05) is 18.3 Å². The zero-order chi connectivity index (χ0) is 18.0. The fraction of sp³-hybridized carbons (Fsp3) is 0.381. The number of hydrogen-bond donors (Lipinski definition) is 0. The predicted molar refractivity (Wildman–Crippen MR) is 102 cm³/mol. The van der Waals surface area contributed by atoms with Gasteiger partial charge in [-0.05, 0) is 43.2 Å². The van der Waals surface area contributed by atoms with Gasteiger partial charge in [0.05, 0.1) is 16.8 Å². The quantitative estimate of drug-likeness (QED) is 0.583. The molecule has 25 heavy (non-hydrogen) atoms. The maximum Gasteiger partial charge on any atom is 0.141 e. The van der Waals surface area contributed by atoms with Crippen molar-refractivity contribution in [1.82, 2.24) is 4.98 Å². The summed E-state index contributed by atoms with van der Waals surface area (Å²) in [7, 11) is 0. The van der Waals surface area contributed by atoms with Crippen LogP contribution >= 0.6 is 11.6 Å². The lowest BCUT2D eigenvalue weighted by atomic mass is 9.62. The highest BCUT2D eigenvalue weighted by Gasteiger charge is 2.56. The van der Waals surface area contributed by atoms with Crippen LogP contribution in [-0.2, 0) is 0 Å². The van der Waals surface area contributed by atoms with Crippen molar-refractivity contribution in [3.05, 3.63) is 71.4 Å². The second-order valence-electron chi connectivity index (χ2n) is 6.73. The number of halogens is 2. The van der Waals surface area contributed by atoms with Gasteiger partial charge in [-0.1, -0.05) is 50.9 Å². The molecule has 1 atom stereocenters. The van der Waals surface area contributed by atoms with E-state index in [-0.39, 0.29) is 16.5 Å². The van der Waals surface area contributed by atoms with E-state index in [9.17, 15) is 4.39 Å². The Kier molecular flexibility index (Phi) is 5.14. The summed E-state index contributed by atoms with van der Waals surface area (Å²) in [6, 6.07) is 11.0. The van der Waals surface area contributed by atoms with Gasteiger partial charge in [0, 0.05) is 23.0 Å². The molecule has 1 fully saturated rings. The Morgan fingerprint density at radius 1 is 1.20 bits per heavy atom. The maximum atomic E-state index is 13.6. The fourth-order valence-electron chi connectivity index (χ4n) is 4.21. The summed E-state index contributed by atoms with van der Waals surface area (Å²) >= 11 is 6.03. The van der Waals surface area contributed by atoms with Crippen molar-refractivity contribution in [3.8, 4) is 0 Å². The molecule has 2 heterocycles. The van der Waals surface area contributed by atoms with Crippen LogP contribution in [0.4, 0.5) is 10.1 Å². The molecule has 1 aromatic heterocycles. The minimum absolute atomic E-state index is 0.00127. The standard InChI is InChI=1S/C21H24ClFN2/c1-4-11-21(12-5-2)15(3)25(16-9-10-18(23)17(22)14-16)20(21)19-8-6-7-13-24-19/h6-10,13-14,20H,3-5,11-12H2,1-2H3. The summed E-state index contributed by atoms with van der Waals surface area (Å²) in [5.74, 6) is -0.403. The first kappa shape index (κ1) is 17.9. The molecule has 0 saturated carbocycles. The number of rotatable bonds is 6. The minimum atomic E-state index is -0.403. The molecule has 4 heteroatoms. The van der Waals surface area contributed by atoms with Crippen molar-refractivity contribution < 1.29 is 4.39 Å². The highest BCUT2D eigenvalue weighted by atomic mass is 35.5. The lowest BCUT2D eigenvalue weighted by molar-refractivity contribution is 0.152. The smallest absolute Gasteiger partial charge is 0.141 e. The Morgan fingerprint density at radius 3 is 2.48 bits per heavy atom. The van der Waals surface area contributed by atoms with Crippen LogP contribution in [0.15, 0.2) is 54.9 Å². The summed E-state index contributed by atoms with van der Waals surface area (Å²) < 4.78 is 13.6. The van der Waals surface area contributed by atoms with Crippen LogP contribution in [0.5, 0.6) is 0 Å². The molecule has 0 bridgehead atoms. The molecule has 0 amide bonds. The zero-order valence-electron chi connectivity index (χ0n) is 14.8. The molecule has 1 aliphatic rings. The highest BCUT2D eigenvalue weighted by molar-refractivity contribution is 6.31. The number of pyridine rings is 1. The van der Waals surface area contributed by atoms with Gasteiger partial charge in [-0.25, -0.2) is 4.39 Å². The van der Waals surface area contributed by atoms with Crippen LogP contribution in [0.25, 0.3) is 0 Å². The summed E-state index contributed by atoms with van der Waals surface area (Å²) in [5.41, 5.74) is 2.97. The molecule has 132 valence electrons. The van der Waals surface area contributed by atoms with Crippen LogP contribution in [0, 0.1) is 11.2 Å². The third kappa shape index (κ3) is 2.95. The molecule has 1 saturated heterocycles. The number of nitrogens with zero attached hydrogens (tertiary/aromatic N) is 2. The molecule has 1 aromatic carbocycles. The second kappa shape index (κ2) is 7.17. The Bertz CT molecular complexity index is 754. The van der Waals surface area contributed by atoms with Gasteiger partial charge < -0.3 is 4.90 Å². The van der Waals surface area contributed by atoms with Gasteiger partial charge in [-0.15, -0.1) is 0 Å². The Labute approximate surface area is 154 Å². The highest BCUT2D eigenvalue weighted by Crippen LogP contribution is 2.62. The predicted octanol–water partition coefficient (Wildman–Crippen LogP) is 6.54. The van der Waals surface area contributed by atoms with Crippen LogP contribution in [-0.4, -0.2) is 4.98 Å². The molecule has 2 aromatic rings. The Morgan fingerprint density at radius 2 is 1.92 bits per heavy atom. The summed E-state index contributed by atoms with van der Waals surface area (Å²) in [5, 5.41) is 0.133. The van der Waals surface area contributed by atoms with Crippen LogP contribution in [0.2, 0.25) is 5.02 Å². The van der Waals surface area contributed by atoms with Crippen molar-refractivity contribution in [3.63, 3.8) is 0 Å². The van der Waals surface area contributed by atoms with Gasteiger partial charge in [-0.3, -0.25) is 4.98 Å². The number of anilines is 1. The van der Waals surface area contributed by atoms with Crippen LogP contribution in [0.1, 0.15) is 51.3 Å². The van der Waals surface area contributed by atoms with Crippen molar-refractivity contribution in [2.45, 2.75) is 45.6 Å². The molecule has 0 spiro atoms. The van der Waals surface area contributed by atoms with Crippen molar-refractivity contribution >= 4 is 17.3 Å². The van der Waals surface area contributed by atoms with E-state index in [0.717, 1.165) is 42.8 Å².